The topological polar surface area (TPSA) is 104 Å². The fourth-order valence-corrected chi connectivity index (χ4v) is 3.83. The van der Waals surface area contributed by atoms with Gasteiger partial charge in [0, 0.05) is 29.3 Å². The first-order valence-electron chi connectivity index (χ1n) is 10.1. The number of nitrogens with zero attached hydrogens (tertiary/aromatic N) is 1. The van der Waals surface area contributed by atoms with Crippen molar-refractivity contribution in [2.24, 2.45) is 11.7 Å². The Morgan fingerprint density at radius 2 is 2.00 bits per heavy atom. The number of carbonyl (C=O) groups is 2. The average Bonchev–Trinajstić information content (AvgIpc) is 3.04. The number of primary amides is 1. The predicted octanol–water partition coefficient (Wildman–Crippen LogP) is 3.55. The third-order valence-electron chi connectivity index (χ3n) is 5.78. The van der Waals surface area contributed by atoms with Crippen LogP contribution in [0.4, 0.5) is 27.6 Å². The normalized spacial score (nSPS) is 25.5. The van der Waals surface area contributed by atoms with Crippen molar-refractivity contribution in [3.63, 3.8) is 0 Å². The number of amides is 2. The van der Waals surface area contributed by atoms with Gasteiger partial charge in [-0.25, -0.2) is 4.39 Å². The number of alkyl halides is 3. The lowest BCUT2D eigenvalue weighted by atomic mass is 9.77. The molecule has 4 atom stereocenters. The minimum Gasteiger partial charge on any atom is -0.493 e. The highest BCUT2D eigenvalue weighted by Crippen LogP contribution is 2.55. The molecule has 3 N–H and O–H groups in total. The van der Waals surface area contributed by atoms with Gasteiger partial charge in [0.1, 0.15) is 11.8 Å². The van der Waals surface area contributed by atoms with E-state index in [2.05, 4.69) is 10.3 Å². The third-order valence-corrected chi connectivity index (χ3v) is 5.78. The molecule has 2 amide bonds. The van der Waals surface area contributed by atoms with E-state index in [0.29, 0.717) is 0 Å². The maximum atomic E-state index is 14.5. The second-order valence-electron chi connectivity index (χ2n) is 7.65. The van der Waals surface area contributed by atoms with Gasteiger partial charge in [-0.2, -0.15) is 17.6 Å². The number of methoxy groups -OCH3 is 1. The van der Waals surface area contributed by atoms with Gasteiger partial charge in [-0.1, -0.05) is 13.0 Å². The number of aromatic nitrogens is 1. The van der Waals surface area contributed by atoms with Gasteiger partial charge < -0.3 is 20.5 Å². The van der Waals surface area contributed by atoms with Crippen LogP contribution in [0.15, 0.2) is 30.4 Å². The molecule has 2 aromatic rings. The lowest BCUT2D eigenvalue weighted by Gasteiger charge is -2.32. The Kier molecular flexibility index (Phi) is 5.95. The van der Waals surface area contributed by atoms with E-state index in [1.54, 1.807) is 0 Å². The SMILES string of the molecule is [3H]c1cc([C@H]2[C@H](C(=O)Nc3ccnc(C(N)=O)c3)O[C@@](C)(C(F)(F)F)[C@H]2C)c(OC)c(F)c1F. The average molecular weight is 475 g/mol. The summed E-state index contributed by atoms with van der Waals surface area (Å²) in [6.45, 7) is 1.89. The number of benzene rings is 1. The Labute approximate surface area is 186 Å². The molecule has 0 bridgehead atoms. The second kappa shape index (κ2) is 8.58. The molecule has 1 fully saturated rings. The van der Waals surface area contributed by atoms with E-state index in [9.17, 15) is 31.5 Å². The molecular weight excluding hydrogens is 453 g/mol. The Morgan fingerprint density at radius 1 is 1.33 bits per heavy atom. The zero-order valence-corrected chi connectivity index (χ0v) is 17.6. The first-order valence-corrected chi connectivity index (χ1v) is 9.56. The summed E-state index contributed by atoms with van der Waals surface area (Å²) in [6.07, 6.45) is -5.65. The molecule has 3 rings (SSSR count). The number of anilines is 1. The van der Waals surface area contributed by atoms with E-state index in [4.69, 9.17) is 16.6 Å². The Bertz CT molecular complexity index is 1150. The zero-order valence-electron chi connectivity index (χ0n) is 18.6. The summed E-state index contributed by atoms with van der Waals surface area (Å²) in [6, 6.07) is 2.25. The van der Waals surface area contributed by atoms with Crippen LogP contribution in [0.25, 0.3) is 0 Å². The molecule has 0 spiro atoms. The van der Waals surface area contributed by atoms with Crippen LogP contribution in [0.2, 0.25) is 0 Å². The minimum atomic E-state index is -4.94. The van der Waals surface area contributed by atoms with E-state index in [-0.39, 0.29) is 16.9 Å². The molecule has 7 nitrogen and oxygen atoms in total. The highest BCUT2D eigenvalue weighted by atomic mass is 19.4. The number of hydrogen-bond acceptors (Lipinski definition) is 5. The Morgan fingerprint density at radius 3 is 2.58 bits per heavy atom. The lowest BCUT2D eigenvalue weighted by Crippen LogP contribution is -2.47. The maximum Gasteiger partial charge on any atom is 0.417 e. The number of carbonyl (C=O) groups excluding carboxylic acids is 2. The van der Waals surface area contributed by atoms with Gasteiger partial charge in [0.2, 0.25) is 5.82 Å². The Balaban J connectivity index is 2.12. The summed E-state index contributed by atoms with van der Waals surface area (Å²) in [7, 11) is 0.978. The van der Waals surface area contributed by atoms with Gasteiger partial charge >= 0.3 is 6.18 Å². The van der Waals surface area contributed by atoms with Crippen LogP contribution in [-0.4, -0.2) is 41.8 Å². The summed E-state index contributed by atoms with van der Waals surface area (Å²) in [5.41, 5.74) is 1.74. The maximum absolute atomic E-state index is 14.5. The number of nitrogens with one attached hydrogen (secondary N) is 1. The molecule has 0 unspecified atom stereocenters. The van der Waals surface area contributed by atoms with Crippen LogP contribution < -0.4 is 15.8 Å². The molecule has 12 heteroatoms. The van der Waals surface area contributed by atoms with E-state index >= 15 is 0 Å². The standard InChI is InChI=1S/C21H20F5N3O4/c1-9-14(11-4-5-12(22)15(23)16(11)32-3)17(33-20(9,2)21(24,25)26)19(31)29-10-6-7-28-13(8-10)18(27)30/h4-9,14,17H,1-3H3,(H2,27,30)(H,28,29,31)/t9-,14-,17+,20+/m0/s1/i5T. The van der Waals surface area contributed by atoms with Crippen molar-refractivity contribution in [1.29, 1.82) is 0 Å². The van der Waals surface area contributed by atoms with Gasteiger partial charge in [0.05, 0.1) is 8.48 Å². The lowest BCUT2D eigenvalue weighted by molar-refractivity contribution is -0.272. The zero-order chi connectivity index (χ0) is 25.6. The van der Waals surface area contributed by atoms with Crippen molar-refractivity contribution in [2.45, 2.75) is 37.6 Å². The first kappa shape index (κ1) is 22.9. The minimum absolute atomic E-state index is 0.0113. The largest absolute Gasteiger partial charge is 0.493 e. The molecule has 1 aliphatic rings. The number of ether oxygens (including phenoxy) is 2. The van der Waals surface area contributed by atoms with E-state index < -0.39 is 65.0 Å². The summed E-state index contributed by atoms with van der Waals surface area (Å²) < 4.78 is 88.2. The van der Waals surface area contributed by atoms with Crippen LogP contribution >= 0.6 is 0 Å². The smallest absolute Gasteiger partial charge is 0.417 e. The van der Waals surface area contributed by atoms with Gasteiger partial charge in [-0.3, -0.25) is 14.6 Å². The second-order valence-corrected chi connectivity index (χ2v) is 7.65. The van der Waals surface area contributed by atoms with Crippen molar-refractivity contribution in [3.05, 3.63) is 53.3 Å². The molecule has 1 saturated heterocycles. The van der Waals surface area contributed by atoms with Crippen molar-refractivity contribution in [3.8, 4) is 5.75 Å². The van der Waals surface area contributed by atoms with Crippen LogP contribution in [0.1, 0.15) is 37.2 Å². The monoisotopic (exact) mass is 475 g/mol. The predicted molar refractivity (Wildman–Crippen MR) is 106 cm³/mol. The fourth-order valence-electron chi connectivity index (χ4n) is 3.83. The van der Waals surface area contributed by atoms with E-state index in [1.165, 1.54) is 6.07 Å². The summed E-state index contributed by atoms with van der Waals surface area (Å²) >= 11 is 0. The van der Waals surface area contributed by atoms with Crippen molar-refractivity contribution in [1.82, 2.24) is 4.98 Å². The number of halogens is 5. The van der Waals surface area contributed by atoms with Gasteiger partial charge in [0.25, 0.3) is 11.8 Å². The molecule has 1 aromatic carbocycles. The van der Waals surface area contributed by atoms with Crippen LogP contribution in [0.3, 0.4) is 0 Å². The van der Waals surface area contributed by atoms with E-state index in [0.717, 1.165) is 39.3 Å². The number of hydrogen-bond donors (Lipinski definition) is 2. The molecule has 0 aliphatic carbocycles. The van der Waals surface area contributed by atoms with E-state index in [1.807, 2.05) is 0 Å². The van der Waals surface area contributed by atoms with Crippen molar-refractivity contribution >= 4 is 17.5 Å². The molecule has 2 heterocycles. The van der Waals surface area contributed by atoms with Crippen molar-refractivity contribution in [2.75, 3.05) is 12.4 Å². The highest BCUT2D eigenvalue weighted by Gasteiger charge is 2.65. The molecular formula is C21H20F5N3O4. The van der Waals surface area contributed by atoms with Gasteiger partial charge in [0.15, 0.2) is 17.2 Å². The summed E-state index contributed by atoms with van der Waals surface area (Å²) in [5, 5.41) is 2.33. The van der Waals surface area contributed by atoms with Gasteiger partial charge in [-0.15, -0.1) is 0 Å². The van der Waals surface area contributed by atoms with Crippen LogP contribution in [0, 0.1) is 17.6 Å². The van der Waals surface area contributed by atoms with Crippen LogP contribution in [-0.2, 0) is 9.53 Å². The molecule has 0 saturated carbocycles. The number of pyridine rings is 1. The number of rotatable bonds is 5. The molecule has 1 aliphatic heterocycles. The molecule has 33 heavy (non-hydrogen) atoms. The third kappa shape index (κ3) is 4.22. The van der Waals surface area contributed by atoms with Gasteiger partial charge in [-0.05, 0) is 25.1 Å². The Hall–Kier alpha value is -3.28. The molecule has 1 aromatic heterocycles. The summed E-state index contributed by atoms with van der Waals surface area (Å²) in [4.78, 5) is 28.1. The van der Waals surface area contributed by atoms with Crippen LogP contribution in [0.5, 0.6) is 5.75 Å². The summed E-state index contributed by atoms with van der Waals surface area (Å²) in [5.74, 6) is -8.81. The first-order chi connectivity index (χ1) is 15.7. The number of nitrogens with two attached hydrogens (primary N) is 1. The molecule has 178 valence electrons. The van der Waals surface area contributed by atoms with Crippen molar-refractivity contribution < 1.29 is 42.4 Å². The molecule has 0 radical (unpaired) electrons. The highest BCUT2D eigenvalue weighted by molar-refractivity contribution is 5.97. The fraction of sp³-hybridized carbons (Fsp3) is 0.381. The quantitative estimate of drug-likeness (QED) is 0.644.